The molecule has 6 nitrogen and oxygen atoms in total. The molecular formula is C24H28ClN5O. The second kappa shape index (κ2) is 8.15. The number of amides is 1. The molecule has 1 aromatic carbocycles. The van der Waals surface area contributed by atoms with Gasteiger partial charge in [-0.05, 0) is 44.2 Å². The van der Waals surface area contributed by atoms with Crippen LogP contribution in [-0.4, -0.2) is 36.7 Å². The van der Waals surface area contributed by atoms with Crippen LogP contribution in [0.15, 0.2) is 30.5 Å². The first-order chi connectivity index (χ1) is 15.0. The fourth-order valence-electron chi connectivity index (χ4n) is 4.50. The molecule has 3 aromatic rings. The number of carbonyl (C=O) groups excluding carboxylic acids is 1. The third kappa shape index (κ3) is 3.89. The Labute approximate surface area is 187 Å². The molecule has 1 fully saturated rings. The molecular weight excluding hydrogens is 410 g/mol. The van der Waals surface area contributed by atoms with E-state index in [-0.39, 0.29) is 5.91 Å². The van der Waals surface area contributed by atoms with Gasteiger partial charge >= 0.3 is 0 Å². The minimum absolute atomic E-state index is 0.103. The van der Waals surface area contributed by atoms with E-state index in [1.165, 1.54) is 24.2 Å². The van der Waals surface area contributed by atoms with Gasteiger partial charge in [0.1, 0.15) is 5.69 Å². The monoisotopic (exact) mass is 437 g/mol. The standard InChI is InChI=1S/C24H28ClN5O/c1-3-30-21-10-11-28(22(31)12-18-6-4-5-7-20(18)25)15-19(21)23(27-30)24-26-13-16(2)29(24)14-17-8-9-17/h4-7,13,17H,3,8-12,14-15H2,1-2H3. The van der Waals surface area contributed by atoms with Gasteiger partial charge in [0.25, 0.3) is 0 Å². The fourth-order valence-corrected chi connectivity index (χ4v) is 4.70. The van der Waals surface area contributed by atoms with E-state index in [0.29, 0.717) is 24.5 Å². The molecule has 2 aromatic heterocycles. The van der Waals surface area contributed by atoms with Gasteiger partial charge in [0.15, 0.2) is 5.82 Å². The van der Waals surface area contributed by atoms with E-state index in [1.807, 2.05) is 35.4 Å². The van der Waals surface area contributed by atoms with Crippen LogP contribution in [0.5, 0.6) is 0 Å². The Hall–Kier alpha value is -2.60. The first-order valence-electron chi connectivity index (χ1n) is 11.2. The summed E-state index contributed by atoms with van der Waals surface area (Å²) in [7, 11) is 0. The van der Waals surface area contributed by atoms with Crippen LogP contribution < -0.4 is 0 Å². The van der Waals surface area contributed by atoms with Gasteiger partial charge < -0.3 is 9.47 Å². The minimum Gasteiger partial charge on any atom is -0.338 e. The van der Waals surface area contributed by atoms with E-state index in [9.17, 15) is 4.79 Å². The van der Waals surface area contributed by atoms with Crippen molar-refractivity contribution in [1.82, 2.24) is 24.2 Å². The highest BCUT2D eigenvalue weighted by Gasteiger charge is 2.31. The number of benzene rings is 1. The third-order valence-corrected chi connectivity index (χ3v) is 6.86. The van der Waals surface area contributed by atoms with E-state index in [4.69, 9.17) is 21.7 Å². The van der Waals surface area contributed by atoms with Gasteiger partial charge in [-0.3, -0.25) is 9.48 Å². The summed E-state index contributed by atoms with van der Waals surface area (Å²) in [6.45, 7) is 7.33. The molecule has 0 bridgehead atoms. The molecule has 0 saturated heterocycles. The first kappa shape index (κ1) is 20.3. The first-order valence-corrected chi connectivity index (χ1v) is 11.5. The van der Waals surface area contributed by atoms with Crippen LogP contribution in [0.3, 0.4) is 0 Å². The number of halogens is 1. The third-order valence-electron chi connectivity index (χ3n) is 6.49. The van der Waals surface area contributed by atoms with Crippen molar-refractivity contribution in [3.05, 3.63) is 58.0 Å². The number of hydrogen-bond acceptors (Lipinski definition) is 3. The molecule has 0 atom stereocenters. The largest absolute Gasteiger partial charge is 0.338 e. The number of carbonyl (C=O) groups is 1. The van der Waals surface area contributed by atoms with E-state index in [2.05, 4.69) is 23.1 Å². The predicted octanol–water partition coefficient (Wildman–Crippen LogP) is 4.27. The van der Waals surface area contributed by atoms with Gasteiger partial charge in [0.2, 0.25) is 5.91 Å². The zero-order valence-corrected chi connectivity index (χ0v) is 18.9. The quantitative estimate of drug-likeness (QED) is 0.578. The SMILES string of the molecule is CCn1nc(-c2ncc(C)n2CC2CC2)c2c1CCN(C(=O)Cc1ccccc1Cl)C2. The van der Waals surface area contributed by atoms with Gasteiger partial charge in [-0.25, -0.2) is 4.98 Å². The van der Waals surface area contributed by atoms with Crippen molar-refractivity contribution in [3.8, 4) is 11.5 Å². The molecule has 5 rings (SSSR count). The summed E-state index contributed by atoms with van der Waals surface area (Å²) in [5.74, 6) is 1.80. The Kier molecular flexibility index (Phi) is 5.34. The highest BCUT2D eigenvalue weighted by atomic mass is 35.5. The molecule has 0 N–H and O–H groups in total. The highest BCUT2D eigenvalue weighted by molar-refractivity contribution is 6.31. The highest BCUT2D eigenvalue weighted by Crippen LogP contribution is 2.35. The van der Waals surface area contributed by atoms with Crippen molar-refractivity contribution >= 4 is 17.5 Å². The molecule has 31 heavy (non-hydrogen) atoms. The normalized spacial score (nSPS) is 15.9. The van der Waals surface area contributed by atoms with Crippen LogP contribution in [-0.2, 0) is 37.3 Å². The summed E-state index contributed by atoms with van der Waals surface area (Å²) in [4.78, 5) is 19.8. The van der Waals surface area contributed by atoms with Crippen molar-refractivity contribution in [3.63, 3.8) is 0 Å². The molecule has 162 valence electrons. The van der Waals surface area contributed by atoms with E-state index < -0.39 is 0 Å². The number of rotatable bonds is 6. The van der Waals surface area contributed by atoms with Crippen LogP contribution in [0.4, 0.5) is 0 Å². The molecule has 1 aliphatic carbocycles. The smallest absolute Gasteiger partial charge is 0.227 e. The van der Waals surface area contributed by atoms with E-state index >= 15 is 0 Å². The molecule has 1 aliphatic heterocycles. The maximum absolute atomic E-state index is 13.1. The van der Waals surface area contributed by atoms with Gasteiger partial charge in [-0.15, -0.1) is 0 Å². The lowest BCUT2D eigenvalue weighted by Crippen LogP contribution is -2.37. The van der Waals surface area contributed by atoms with Gasteiger partial charge in [-0.1, -0.05) is 29.8 Å². The molecule has 0 radical (unpaired) electrons. The number of imidazole rings is 1. The number of aromatic nitrogens is 4. The molecule has 7 heteroatoms. The summed E-state index contributed by atoms with van der Waals surface area (Å²) in [5.41, 5.74) is 5.35. The van der Waals surface area contributed by atoms with Crippen LogP contribution >= 0.6 is 11.6 Å². The lowest BCUT2D eigenvalue weighted by molar-refractivity contribution is -0.131. The van der Waals surface area contributed by atoms with Crippen molar-refractivity contribution in [1.29, 1.82) is 0 Å². The topological polar surface area (TPSA) is 56.0 Å². The Bertz CT molecular complexity index is 1130. The zero-order valence-electron chi connectivity index (χ0n) is 18.1. The minimum atomic E-state index is 0.103. The zero-order chi connectivity index (χ0) is 21.5. The Morgan fingerprint density at radius 3 is 2.81 bits per heavy atom. The Morgan fingerprint density at radius 1 is 1.26 bits per heavy atom. The maximum atomic E-state index is 13.1. The summed E-state index contributed by atoms with van der Waals surface area (Å²) >= 11 is 6.29. The van der Waals surface area contributed by atoms with Crippen molar-refractivity contribution < 1.29 is 4.79 Å². The number of nitrogens with zero attached hydrogens (tertiary/aromatic N) is 5. The second-order valence-electron chi connectivity index (χ2n) is 8.70. The van der Waals surface area contributed by atoms with E-state index in [1.54, 1.807) is 0 Å². The van der Waals surface area contributed by atoms with Crippen LogP contribution in [0, 0.1) is 12.8 Å². The molecule has 3 heterocycles. The molecule has 0 spiro atoms. The van der Waals surface area contributed by atoms with Crippen molar-refractivity contribution in [2.24, 2.45) is 5.92 Å². The molecule has 0 unspecified atom stereocenters. The maximum Gasteiger partial charge on any atom is 0.227 e. The van der Waals surface area contributed by atoms with Crippen molar-refractivity contribution in [2.75, 3.05) is 6.54 Å². The van der Waals surface area contributed by atoms with Crippen LogP contribution in [0.25, 0.3) is 11.5 Å². The van der Waals surface area contributed by atoms with Crippen molar-refractivity contribution in [2.45, 2.75) is 59.2 Å². The lowest BCUT2D eigenvalue weighted by Gasteiger charge is -2.28. The second-order valence-corrected chi connectivity index (χ2v) is 9.11. The van der Waals surface area contributed by atoms with Crippen LogP contribution in [0.1, 0.15) is 42.3 Å². The summed E-state index contributed by atoms with van der Waals surface area (Å²) in [5, 5.41) is 5.59. The Morgan fingerprint density at radius 2 is 2.06 bits per heavy atom. The van der Waals surface area contributed by atoms with Gasteiger partial charge in [0.05, 0.1) is 6.42 Å². The molecule has 1 saturated carbocycles. The fraction of sp³-hybridized carbons (Fsp3) is 0.458. The number of aryl methyl sites for hydroxylation is 2. The van der Waals surface area contributed by atoms with Gasteiger partial charge in [0, 0.05) is 60.8 Å². The average molecular weight is 438 g/mol. The summed E-state index contributed by atoms with van der Waals surface area (Å²) in [6.07, 6.45) is 5.67. The van der Waals surface area contributed by atoms with Gasteiger partial charge in [-0.2, -0.15) is 5.10 Å². The number of fused-ring (bicyclic) bond motifs is 1. The number of hydrogen-bond donors (Lipinski definition) is 0. The summed E-state index contributed by atoms with van der Waals surface area (Å²) < 4.78 is 4.40. The Balaban J connectivity index is 1.45. The summed E-state index contributed by atoms with van der Waals surface area (Å²) in [6, 6.07) is 7.58. The predicted molar refractivity (Wildman–Crippen MR) is 121 cm³/mol. The van der Waals surface area contributed by atoms with E-state index in [0.717, 1.165) is 48.1 Å². The molecule has 1 amide bonds. The molecule has 2 aliphatic rings. The lowest BCUT2D eigenvalue weighted by atomic mass is 10.0. The van der Waals surface area contributed by atoms with Crippen LogP contribution in [0.2, 0.25) is 5.02 Å². The average Bonchev–Trinajstić information content (AvgIpc) is 3.43.